The Kier molecular flexibility index (Phi) is 3.50. The maximum Gasteiger partial charge on any atom is 0.191 e. The molecule has 0 aromatic carbocycles. The maximum atomic E-state index is 5.75. The monoisotopic (exact) mass is 240 g/mol. The van der Waals surface area contributed by atoms with Gasteiger partial charge in [0.05, 0.1) is 6.10 Å². The highest BCUT2D eigenvalue weighted by atomic mass is 32.2. The Morgan fingerprint density at radius 1 is 1.56 bits per heavy atom. The molecule has 0 spiro atoms. The molecule has 0 amide bonds. The number of anilines is 2. The summed E-state index contributed by atoms with van der Waals surface area (Å²) >= 11 is 1.50. The highest BCUT2D eigenvalue weighted by Gasteiger charge is 2.23. The second-order valence-electron chi connectivity index (χ2n) is 3.73. The molecule has 0 aliphatic carbocycles. The molecule has 1 atom stereocenters. The summed E-state index contributed by atoms with van der Waals surface area (Å²) in [5.74, 6) is 1.42. The highest BCUT2D eigenvalue weighted by molar-refractivity contribution is 7.98. The number of thioether (sulfide) groups is 1. The summed E-state index contributed by atoms with van der Waals surface area (Å²) < 4.78 is 5.33. The van der Waals surface area contributed by atoms with E-state index in [2.05, 4.69) is 14.9 Å². The second-order valence-corrected chi connectivity index (χ2v) is 4.50. The Labute approximate surface area is 99.4 Å². The predicted molar refractivity (Wildman–Crippen MR) is 65.9 cm³/mol. The summed E-state index contributed by atoms with van der Waals surface area (Å²) in [6, 6.07) is 1.82. The lowest BCUT2D eigenvalue weighted by Gasteiger charge is -2.17. The lowest BCUT2D eigenvalue weighted by molar-refractivity contribution is 0.121. The Balaban J connectivity index is 2.17. The molecule has 5 nitrogen and oxygen atoms in total. The van der Waals surface area contributed by atoms with Crippen LogP contribution in [-0.4, -0.2) is 42.5 Å². The molecule has 2 heterocycles. The fourth-order valence-corrected chi connectivity index (χ4v) is 2.19. The summed E-state index contributed by atoms with van der Waals surface area (Å²) in [5.41, 5.74) is 5.75. The number of nitrogens with zero attached hydrogens (tertiary/aromatic N) is 3. The third-order valence-corrected chi connectivity index (χ3v) is 3.24. The van der Waals surface area contributed by atoms with Crippen LogP contribution in [0.4, 0.5) is 11.6 Å². The summed E-state index contributed by atoms with van der Waals surface area (Å²) in [4.78, 5) is 10.8. The molecular weight excluding hydrogens is 224 g/mol. The van der Waals surface area contributed by atoms with Crippen molar-refractivity contribution < 1.29 is 4.74 Å². The molecule has 0 radical (unpaired) electrons. The van der Waals surface area contributed by atoms with E-state index >= 15 is 0 Å². The summed E-state index contributed by atoms with van der Waals surface area (Å²) in [7, 11) is 1.75. The van der Waals surface area contributed by atoms with E-state index in [1.165, 1.54) is 11.8 Å². The Morgan fingerprint density at radius 2 is 2.38 bits per heavy atom. The average molecular weight is 240 g/mol. The minimum Gasteiger partial charge on any atom is -0.383 e. The fourth-order valence-electron chi connectivity index (χ4n) is 1.81. The number of methoxy groups -OCH3 is 1. The second kappa shape index (κ2) is 4.88. The SMILES string of the molecule is COC1CCN(c2cc(N)nc(SC)n2)C1. The van der Waals surface area contributed by atoms with E-state index in [1.54, 1.807) is 7.11 Å². The van der Waals surface area contributed by atoms with E-state index in [9.17, 15) is 0 Å². The van der Waals surface area contributed by atoms with Gasteiger partial charge in [-0.15, -0.1) is 0 Å². The van der Waals surface area contributed by atoms with Gasteiger partial charge in [-0.1, -0.05) is 11.8 Å². The number of ether oxygens (including phenoxy) is 1. The van der Waals surface area contributed by atoms with Crippen LogP contribution in [0.3, 0.4) is 0 Å². The fraction of sp³-hybridized carbons (Fsp3) is 0.600. The zero-order valence-corrected chi connectivity index (χ0v) is 10.3. The van der Waals surface area contributed by atoms with Crippen LogP contribution in [0, 0.1) is 0 Å². The van der Waals surface area contributed by atoms with Crippen molar-refractivity contribution >= 4 is 23.4 Å². The number of hydrogen-bond donors (Lipinski definition) is 1. The van der Waals surface area contributed by atoms with Crippen LogP contribution in [0.1, 0.15) is 6.42 Å². The van der Waals surface area contributed by atoms with Gasteiger partial charge in [-0.05, 0) is 12.7 Å². The van der Waals surface area contributed by atoms with Crippen molar-refractivity contribution in [3.8, 4) is 0 Å². The van der Waals surface area contributed by atoms with Gasteiger partial charge >= 0.3 is 0 Å². The smallest absolute Gasteiger partial charge is 0.191 e. The third kappa shape index (κ3) is 2.38. The van der Waals surface area contributed by atoms with Gasteiger partial charge in [0.1, 0.15) is 11.6 Å². The first-order chi connectivity index (χ1) is 7.72. The summed E-state index contributed by atoms with van der Waals surface area (Å²) in [6.07, 6.45) is 3.28. The summed E-state index contributed by atoms with van der Waals surface area (Å²) in [6.45, 7) is 1.84. The first-order valence-corrected chi connectivity index (χ1v) is 6.41. The van der Waals surface area contributed by atoms with Crippen molar-refractivity contribution in [1.82, 2.24) is 9.97 Å². The molecular formula is C10H16N4OS. The Hall–Kier alpha value is -1.01. The van der Waals surface area contributed by atoms with Crippen LogP contribution >= 0.6 is 11.8 Å². The molecule has 0 bridgehead atoms. The van der Waals surface area contributed by atoms with Gasteiger partial charge in [0, 0.05) is 26.3 Å². The molecule has 0 saturated carbocycles. The van der Waals surface area contributed by atoms with E-state index in [0.29, 0.717) is 11.9 Å². The Bertz CT molecular complexity index is 374. The van der Waals surface area contributed by atoms with Crippen LogP contribution in [0.15, 0.2) is 11.2 Å². The molecule has 16 heavy (non-hydrogen) atoms. The molecule has 1 unspecified atom stereocenters. The van der Waals surface area contributed by atoms with Crippen LogP contribution in [0.25, 0.3) is 0 Å². The van der Waals surface area contributed by atoms with E-state index in [0.717, 1.165) is 30.5 Å². The lowest BCUT2D eigenvalue weighted by Crippen LogP contribution is -2.23. The Morgan fingerprint density at radius 3 is 3.00 bits per heavy atom. The minimum atomic E-state index is 0.300. The molecule has 1 aliphatic heterocycles. The van der Waals surface area contributed by atoms with Gasteiger partial charge in [-0.25, -0.2) is 9.97 Å². The van der Waals surface area contributed by atoms with E-state index < -0.39 is 0 Å². The van der Waals surface area contributed by atoms with Gasteiger partial charge in [0.2, 0.25) is 0 Å². The van der Waals surface area contributed by atoms with Crippen molar-refractivity contribution in [3.05, 3.63) is 6.07 Å². The number of nitrogens with two attached hydrogens (primary N) is 1. The molecule has 1 saturated heterocycles. The molecule has 1 aromatic heterocycles. The van der Waals surface area contributed by atoms with Crippen molar-refractivity contribution in [3.63, 3.8) is 0 Å². The number of nitrogen functional groups attached to an aromatic ring is 1. The van der Waals surface area contributed by atoms with Crippen LogP contribution in [0.5, 0.6) is 0 Å². The summed E-state index contributed by atoms with van der Waals surface area (Å²) in [5, 5.41) is 0.718. The zero-order valence-electron chi connectivity index (χ0n) is 9.51. The molecule has 2 N–H and O–H groups in total. The van der Waals surface area contributed by atoms with Gasteiger partial charge in [-0.3, -0.25) is 0 Å². The lowest BCUT2D eigenvalue weighted by atomic mass is 10.3. The first kappa shape index (κ1) is 11.5. The molecule has 1 fully saturated rings. The number of hydrogen-bond acceptors (Lipinski definition) is 6. The molecule has 1 aliphatic rings. The molecule has 6 heteroatoms. The minimum absolute atomic E-state index is 0.300. The van der Waals surface area contributed by atoms with E-state index in [4.69, 9.17) is 10.5 Å². The zero-order chi connectivity index (χ0) is 11.5. The molecule has 88 valence electrons. The molecule has 1 aromatic rings. The van der Waals surface area contributed by atoms with Gasteiger partial charge in [0.25, 0.3) is 0 Å². The van der Waals surface area contributed by atoms with Crippen molar-refractivity contribution in [1.29, 1.82) is 0 Å². The van der Waals surface area contributed by atoms with Crippen LogP contribution in [-0.2, 0) is 4.74 Å². The quantitative estimate of drug-likeness (QED) is 0.628. The largest absolute Gasteiger partial charge is 0.383 e. The maximum absolute atomic E-state index is 5.75. The first-order valence-electron chi connectivity index (χ1n) is 5.19. The normalized spacial score (nSPS) is 20.4. The van der Waals surface area contributed by atoms with Gasteiger partial charge in [0.15, 0.2) is 5.16 Å². The van der Waals surface area contributed by atoms with Crippen molar-refractivity contribution in [2.24, 2.45) is 0 Å². The van der Waals surface area contributed by atoms with Gasteiger partial charge < -0.3 is 15.4 Å². The topological polar surface area (TPSA) is 64.3 Å². The number of aromatic nitrogens is 2. The molecule has 2 rings (SSSR count). The average Bonchev–Trinajstić information content (AvgIpc) is 2.76. The van der Waals surface area contributed by atoms with E-state index in [-0.39, 0.29) is 0 Å². The van der Waals surface area contributed by atoms with Crippen molar-refractivity contribution in [2.75, 3.05) is 37.1 Å². The van der Waals surface area contributed by atoms with Gasteiger partial charge in [-0.2, -0.15) is 0 Å². The standard InChI is InChI=1S/C10H16N4OS/c1-15-7-3-4-14(6-7)9-5-8(11)12-10(13-9)16-2/h5,7H,3-4,6H2,1-2H3,(H2,11,12,13). The number of rotatable bonds is 3. The van der Waals surface area contributed by atoms with Crippen LogP contribution < -0.4 is 10.6 Å². The van der Waals surface area contributed by atoms with Crippen molar-refractivity contribution in [2.45, 2.75) is 17.7 Å². The third-order valence-electron chi connectivity index (χ3n) is 2.70. The van der Waals surface area contributed by atoms with E-state index in [1.807, 2.05) is 12.3 Å². The predicted octanol–water partition coefficient (Wildman–Crippen LogP) is 1.01. The highest BCUT2D eigenvalue weighted by Crippen LogP contribution is 2.23. The van der Waals surface area contributed by atoms with Crippen LogP contribution in [0.2, 0.25) is 0 Å².